The van der Waals surface area contributed by atoms with Gasteiger partial charge in [-0.2, -0.15) is 0 Å². The molecule has 0 saturated heterocycles. The second kappa shape index (κ2) is 4.52. The van der Waals surface area contributed by atoms with Crippen molar-refractivity contribution in [3.05, 3.63) is 35.4 Å². The molecule has 2 rings (SSSR count). The summed E-state index contributed by atoms with van der Waals surface area (Å²) in [7, 11) is 0. The van der Waals surface area contributed by atoms with Crippen LogP contribution in [0.4, 0.5) is 0 Å². The van der Waals surface area contributed by atoms with E-state index < -0.39 is 0 Å². The number of nitrogens with one attached hydrogen (secondary N) is 1. The van der Waals surface area contributed by atoms with E-state index in [0.29, 0.717) is 5.92 Å². The third-order valence-corrected chi connectivity index (χ3v) is 3.45. The smallest absolute Gasteiger partial charge is 0.217 e. The van der Waals surface area contributed by atoms with Crippen molar-refractivity contribution in [1.82, 2.24) is 5.32 Å². The van der Waals surface area contributed by atoms with Crippen LogP contribution in [0, 0.1) is 5.92 Å². The summed E-state index contributed by atoms with van der Waals surface area (Å²) in [5.74, 6) is 0.722. The standard InChI is InChI=1S/C15H21NO/c1-11(17)16-15(2,3)10-12-8-13-6-4-5-7-14(13)9-12/h4-7,12H,8-10H2,1-3H3,(H,16,17). The lowest BCUT2D eigenvalue weighted by Crippen LogP contribution is -2.43. The summed E-state index contributed by atoms with van der Waals surface area (Å²) >= 11 is 0. The summed E-state index contributed by atoms with van der Waals surface area (Å²) < 4.78 is 0. The minimum Gasteiger partial charge on any atom is -0.351 e. The van der Waals surface area contributed by atoms with Crippen molar-refractivity contribution >= 4 is 5.91 Å². The van der Waals surface area contributed by atoms with E-state index in [1.807, 2.05) is 0 Å². The Kier molecular flexibility index (Phi) is 3.23. The Morgan fingerprint density at radius 3 is 2.29 bits per heavy atom. The molecule has 0 spiro atoms. The first-order valence-electron chi connectivity index (χ1n) is 6.32. The zero-order chi connectivity index (χ0) is 12.5. The van der Waals surface area contributed by atoms with E-state index in [0.717, 1.165) is 19.3 Å². The predicted molar refractivity (Wildman–Crippen MR) is 69.9 cm³/mol. The Morgan fingerprint density at radius 1 is 1.29 bits per heavy atom. The number of hydrogen-bond acceptors (Lipinski definition) is 1. The van der Waals surface area contributed by atoms with Gasteiger partial charge in [-0.05, 0) is 50.2 Å². The van der Waals surface area contributed by atoms with Crippen LogP contribution in [-0.4, -0.2) is 11.4 Å². The van der Waals surface area contributed by atoms with Crippen molar-refractivity contribution in [2.24, 2.45) is 5.92 Å². The molecule has 0 heterocycles. The van der Waals surface area contributed by atoms with Gasteiger partial charge >= 0.3 is 0 Å². The van der Waals surface area contributed by atoms with Crippen LogP contribution in [-0.2, 0) is 17.6 Å². The summed E-state index contributed by atoms with van der Waals surface area (Å²) in [5.41, 5.74) is 2.87. The molecule has 1 N–H and O–H groups in total. The molecule has 0 aromatic heterocycles. The number of benzene rings is 1. The topological polar surface area (TPSA) is 29.1 Å². The highest BCUT2D eigenvalue weighted by Gasteiger charge is 2.28. The fourth-order valence-corrected chi connectivity index (χ4v) is 3.04. The van der Waals surface area contributed by atoms with Crippen LogP contribution in [0.1, 0.15) is 38.3 Å². The largest absolute Gasteiger partial charge is 0.351 e. The SMILES string of the molecule is CC(=O)NC(C)(C)CC1Cc2ccccc2C1. The number of carbonyl (C=O) groups excluding carboxylic acids is 1. The molecule has 0 unspecified atom stereocenters. The van der Waals surface area contributed by atoms with Gasteiger partial charge in [0.05, 0.1) is 0 Å². The highest BCUT2D eigenvalue weighted by atomic mass is 16.1. The molecule has 0 fully saturated rings. The monoisotopic (exact) mass is 231 g/mol. The van der Waals surface area contributed by atoms with Gasteiger partial charge in [0.1, 0.15) is 0 Å². The van der Waals surface area contributed by atoms with Crippen LogP contribution >= 0.6 is 0 Å². The number of amides is 1. The molecule has 1 aromatic rings. The van der Waals surface area contributed by atoms with Crippen LogP contribution in [0.15, 0.2) is 24.3 Å². The molecule has 1 amide bonds. The van der Waals surface area contributed by atoms with Crippen LogP contribution in [0.2, 0.25) is 0 Å². The van der Waals surface area contributed by atoms with E-state index in [1.165, 1.54) is 11.1 Å². The normalized spacial score (nSPS) is 15.7. The molecule has 0 bridgehead atoms. The molecule has 2 heteroatoms. The maximum atomic E-state index is 11.1. The zero-order valence-corrected chi connectivity index (χ0v) is 10.9. The summed E-state index contributed by atoms with van der Waals surface area (Å²) in [6.07, 6.45) is 3.35. The molecular formula is C15H21NO. The first-order chi connectivity index (χ1) is 7.96. The Hall–Kier alpha value is -1.31. The highest BCUT2D eigenvalue weighted by Crippen LogP contribution is 2.31. The Balaban J connectivity index is 1.98. The number of carbonyl (C=O) groups is 1. The van der Waals surface area contributed by atoms with Gasteiger partial charge in [0.15, 0.2) is 0 Å². The van der Waals surface area contributed by atoms with E-state index in [1.54, 1.807) is 6.92 Å². The first kappa shape index (κ1) is 12.2. The lowest BCUT2D eigenvalue weighted by molar-refractivity contribution is -0.120. The molecule has 2 nitrogen and oxygen atoms in total. The van der Waals surface area contributed by atoms with E-state index in [-0.39, 0.29) is 11.4 Å². The average molecular weight is 231 g/mol. The van der Waals surface area contributed by atoms with Gasteiger partial charge in [0, 0.05) is 12.5 Å². The number of rotatable bonds is 3. The van der Waals surface area contributed by atoms with Crippen molar-refractivity contribution in [2.45, 2.75) is 45.6 Å². The van der Waals surface area contributed by atoms with E-state index in [4.69, 9.17) is 0 Å². The quantitative estimate of drug-likeness (QED) is 0.851. The number of hydrogen-bond donors (Lipinski definition) is 1. The van der Waals surface area contributed by atoms with Gasteiger partial charge in [0.25, 0.3) is 0 Å². The second-order valence-corrected chi connectivity index (χ2v) is 5.81. The fourth-order valence-electron chi connectivity index (χ4n) is 3.04. The minimum atomic E-state index is -0.0987. The van der Waals surface area contributed by atoms with E-state index in [2.05, 4.69) is 43.4 Å². The van der Waals surface area contributed by atoms with E-state index >= 15 is 0 Å². The lowest BCUT2D eigenvalue weighted by atomic mass is 9.88. The highest BCUT2D eigenvalue weighted by molar-refractivity contribution is 5.73. The molecule has 1 aliphatic rings. The fraction of sp³-hybridized carbons (Fsp3) is 0.533. The van der Waals surface area contributed by atoms with Gasteiger partial charge in [-0.15, -0.1) is 0 Å². The van der Waals surface area contributed by atoms with E-state index in [9.17, 15) is 4.79 Å². The maximum Gasteiger partial charge on any atom is 0.217 e. The van der Waals surface area contributed by atoms with Crippen molar-refractivity contribution < 1.29 is 4.79 Å². The molecule has 0 aliphatic heterocycles. The Morgan fingerprint density at radius 2 is 1.82 bits per heavy atom. The third-order valence-electron chi connectivity index (χ3n) is 3.45. The average Bonchev–Trinajstić information content (AvgIpc) is 2.55. The first-order valence-corrected chi connectivity index (χ1v) is 6.32. The van der Waals surface area contributed by atoms with Crippen molar-refractivity contribution in [2.75, 3.05) is 0 Å². The number of fused-ring (bicyclic) bond motifs is 1. The predicted octanol–water partition coefficient (Wildman–Crippen LogP) is 2.71. The van der Waals surface area contributed by atoms with Crippen LogP contribution in [0.25, 0.3) is 0 Å². The molecule has 0 radical (unpaired) electrons. The van der Waals surface area contributed by atoms with Gasteiger partial charge in [-0.3, -0.25) is 4.79 Å². The second-order valence-electron chi connectivity index (χ2n) is 5.81. The molecule has 1 aromatic carbocycles. The molecule has 0 saturated carbocycles. The van der Waals surface area contributed by atoms with Gasteiger partial charge in [-0.1, -0.05) is 24.3 Å². The maximum absolute atomic E-state index is 11.1. The van der Waals surface area contributed by atoms with Crippen molar-refractivity contribution in [3.63, 3.8) is 0 Å². The summed E-state index contributed by atoms with van der Waals surface area (Å²) in [5, 5.41) is 3.03. The molecular weight excluding hydrogens is 210 g/mol. The Labute approximate surface area is 103 Å². The van der Waals surface area contributed by atoms with Gasteiger partial charge in [-0.25, -0.2) is 0 Å². The van der Waals surface area contributed by atoms with Crippen molar-refractivity contribution in [1.29, 1.82) is 0 Å². The van der Waals surface area contributed by atoms with Gasteiger partial charge < -0.3 is 5.32 Å². The Bertz CT molecular complexity index is 398. The van der Waals surface area contributed by atoms with Crippen LogP contribution in [0.3, 0.4) is 0 Å². The van der Waals surface area contributed by atoms with Crippen LogP contribution in [0.5, 0.6) is 0 Å². The summed E-state index contributed by atoms with van der Waals surface area (Å²) in [6.45, 7) is 5.81. The van der Waals surface area contributed by atoms with Crippen LogP contribution < -0.4 is 5.32 Å². The van der Waals surface area contributed by atoms with Gasteiger partial charge in [0.2, 0.25) is 5.91 Å². The summed E-state index contributed by atoms with van der Waals surface area (Å²) in [6, 6.07) is 8.67. The molecule has 1 aliphatic carbocycles. The molecule has 17 heavy (non-hydrogen) atoms. The molecule has 92 valence electrons. The minimum absolute atomic E-state index is 0.0607. The lowest BCUT2D eigenvalue weighted by Gasteiger charge is -2.28. The summed E-state index contributed by atoms with van der Waals surface area (Å²) in [4.78, 5) is 11.1. The zero-order valence-electron chi connectivity index (χ0n) is 10.9. The van der Waals surface area contributed by atoms with Crippen molar-refractivity contribution in [3.8, 4) is 0 Å². The third kappa shape index (κ3) is 3.09. The molecule has 0 atom stereocenters.